The molecule has 1 aliphatic heterocycles. The van der Waals surface area contributed by atoms with E-state index in [2.05, 4.69) is 14.9 Å². The quantitative estimate of drug-likeness (QED) is 0.653. The summed E-state index contributed by atoms with van der Waals surface area (Å²) in [6.45, 7) is 4.43. The number of rotatable bonds is 5. The Morgan fingerprint density at radius 3 is 2.65 bits per heavy atom. The molecule has 162 valence electrons. The number of fused-ring (bicyclic) bond motifs is 1. The van der Waals surface area contributed by atoms with Crippen molar-refractivity contribution in [3.63, 3.8) is 0 Å². The third kappa shape index (κ3) is 4.80. The second-order valence-corrected chi connectivity index (χ2v) is 7.46. The van der Waals surface area contributed by atoms with Crippen molar-refractivity contribution in [2.75, 3.05) is 13.2 Å². The summed E-state index contributed by atoms with van der Waals surface area (Å²) in [5.74, 6) is 1.09. The molecule has 1 aliphatic rings. The van der Waals surface area contributed by atoms with Crippen molar-refractivity contribution < 1.29 is 17.9 Å². The van der Waals surface area contributed by atoms with Gasteiger partial charge >= 0.3 is 6.18 Å². The van der Waals surface area contributed by atoms with Crippen LogP contribution in [0.2, 0.25) is 0 Å². The zero-order valence-corrected chi connectivity index (χ0v) is 17.0. The summed E-state index contributed by atoms with van der Waals surface area (Å²) in [5.41, 5.74) is 1.85. The van der Waals surface area contributed by atoms with Crippen LogP contribution in [0, 0.1) is 0 Å². The number of ether oxygens (including phenoxy) is 1. The monoisotopic (exact) mass is 429 g/mol. The first-order chi connectivity index (χ1) is 14.8. The number of aromatic nitrogens is 2. The topological polar surface area (TPSA) is 58.2 Å². The predicted molar refractivity (Wildman–Crippen MR) is 111 cm³/mol. The minimum atomic E-state index is -4.41. The van der Waals surface area contributed by atoms with E-state index in [1.807, 2.05) is 31.2 Å². The molecule has 8 heteroatoms. The minimum absolute atomic E-state index is 0.238. The molecule has 2 aromatic carbocycles. The molecular formula is C23H22F3N3O2. The van der Waals surface area contributed by atoms with Crippen molar-refractivity contribution in [3.05, 3.63) is 81.3 Å². The highest BCUT2D eigenvalue weighted by molar-refractivity contribution is 5.56. The van der Waals surface area contributed by atoms with Gasteiger partial charge in [-0.2, -0.15) is 13.2 Å². The molecule has 0 saturated heterocycles. The highest BCUT2D eigenvalue weighted by Gasteiger charge is 2.30. The fraction of sp³-hybridized carbons (Fsp3) is 0.304. The van der Waals surface area contributed by atoms with Crippen LogP contribution in [0.1, 0.15) is 29.3 Å². The Hall–Kier alpha value is -3.13. The lowest BCUT2D eigenvalue weighted by molar-refractivity contribution is -0.137. The van der Waals surface area contributed by atoms with E-state index in [0.717, 1.165) is 30.0 Å². The Bertz CT molecular complexity index is 1120. The minimum Gasteiger partial charge on any atom is -0.494 e. The molecule has 2 heterocycles. The number of H-pyrrole nitrogens is 1. The number of hydrogen-bond acceptors (Lipinski definition) is 4. The van der Waals surface area contributed by atoms with E-state index in [1.165, 1.54) is 12.1 Å². The van der Waals surface area contributed by atoms with Gasteiger partial charge in [0.1, 0.15) is 11.6 Å². The predicted octanol–water partition coefficient (Wildman–Crippen LogP) is 4.41. The molecule has 1 aromatic heterocycles. The number of nitrogens with zero attached hydrogens (tertiary/aromatic N) is 2. The Labute approximate surface area is 177 Å². The van der Waals surface area contributed by atoms with Crippen molar-refractivity contribution in [3.8, 4) is 17.1 Å². The number of aromatic amines is 1. The van der Waals surface area contributed by atoms with Gasteiger partial charge in [0.25, 0.3) is 5.56 Å². The molecule has 31 heavy (non-hydrogen) atoms. The number of hydrogen-bond donors (Lipinski definition) is 1. The lowest BCUT2D eigenvalue weighted by Crippen LogP contribution is -2.35. The van der Waals surface area contributed by atoms with Gasteiger partial charge in [-0.25, -0.2) is 4.98 Å². The van der Waals surface area contributed by atoms with Crippen molar-refractivity contribution in [2.45, 2.75) is 32.6 Å². The standard InChI is InChI=1S/C23H22F3N3O2/c1-2-31-18-5-3-4-15(12-18)13-29-11-10-19-20(14-29)27-21(28-22(19)30)16-6-8-17(9-7-16)23(24,25)26/h3-9,12H,2,10-11,13-14H2,1H3,(H,27,28,30). The van der Waals surface area contributed by atoms with Gasteiger partial charge in [0, 0.05) is 30.8 Å². The van der Waals surface area contributed by atoms with Crippen LogP contribution in [0.25, 0.3) is 11.4 Å². The van der Waals surface area contributed by atoms with Crippen LogP contribution in [0.3, 0.4) is 0 Å². The maximum absolute atomic E-state index is 12.8. The summed E-state index contributed by atoms with van der Waals surface area (Å²) in [4.78, 5) is 22.0. The molecule has 0 saturated carbocycles. The molecule has 0 radical (unpaired) electrons. The van der Waals surface area contributed by atoms with Crippen LogP contribution in [-0.4, -0.2) is 28.0 Å². The van der Waals surface area contributed by atoms with Gasteiger partial charge in [0.05, 0.1) is 17.9 Å². The van der Waals surface area contributed by atoms with Gasteiger partial charge in [-0.3, -0.25) is 9.69 Å². The first-order valence-electron chi connectivity index (χ1n) is 10.1. The van der Waals surface area contributed by atoms with Gasteiger partial charge in [0.15, 0.2) is 0 Å². The molecule has 1 N–H and O–H groups in total. The summed E-state index contributed by atoms with van der Waals surface area (Å²) >= 11 is 0. The van der Waals surface area contributed by atoms with E-state index in [0.29, 0.717) is 42.9 Å². The number of nitrogens with one attached hydrogen (secondary N) is 1. The van der Waals surface area contributed by atoms with Crippen LogP contribution in [0.4, 0.5) is 13.2 Å². The van der Waals surface area contributed by atoms with Crippen molar-refractivity contribution >= 4 is 0 Å². The first-order valence-corrected chi connectivity index (χ1v) is 10.1. The van der Waals surface area contributed by atoms with E-state index in [4.69, 9.17) is 4.74 Å². The fourth-order valence-corrected chi connectivity index (χ4v) is 3.74. The zero-order valence-electron chi connectivity index (χ0n) is 17.0. The molecule has 0 spiro atoms. The Morgan fingerprint density at radius 1 is 1.16 bits per heavy atom. The summed E-state index contributed by atoms with van der Waals surface area (Å²) < 4.78 is 44.0. The number of alkyl halides is 3. The van der Waals surface area contributed by atoms with Gasteiger partial charge in [-0.15, -0.1) is 0 Å². The second-order valence-electron chi connectivity index (χ2n) is 7.46. The molecule has 0 fully saturated rings. The number of halogens is 3. The third-order valence-electron chi connectivity index (χ3n) is 5.25. The molecule has 3 aromatic rings. The molecule has 0 aliphatic carbocycles. The molecular weight excluding hydrogens is 407 g/mol. The van der Waals surface area contributed by atoms with Crippen LogP contribution in [0.5, 0.6) is 5.75 Å². The SMILES string of the molecule is CCOc1cccc(CN2CCc3c(nc(-c4ccc(C(F)(F)F)cc4)[nH]c3=O)C2)c1. The van der Waals surface area contributed by atoms with Crippen LogP contribution >= 0.6 is 0 Å². The van der Waals surface area contributed by atoms with Crippen molar-refractivity contribution in [1.29, 1.82) is 0 Å². The normalized spacial score (nSPS) is 14.3. The van der Waals surface area contributed by atoms with Crippen LogP contribution in [-0.2, 0) is 25.7 Å². The molecule has 0 unspecified atom stereocenters. The van der Waals surface area contributed by atoms with E-state index < -0.39 is 11.7 Å². The van der Waals surface area contributed by atoms with Gasteiger partial charge in [-0.1, -0.05) is 24.3 Å². The lowest BCUT2D eigenvalue weighted by atomic mass is 10.0. The highest BCUT2D eigenvalue weighted by atomic mass is 19.4. The maximum atomic E-state index is 12.8. The molecule has 0 bridgehead atoms. The largest absolute Gasteiger partial charge is 0.494 e. The maximum Gasteiger partial charge on any atom is 0.416 e. The van der Waals surface area contributed by atoms with Crippen LogP contribution in [0.15, 0.2) is 53.3 Å². The third-order valence-corrected chi connectivity index (χ3v) is 5.25. The van der Waals surface area contributed by atoms with Gasteiger partial charge in [0.2, 0.25) is 0 Å². The summed E-state index contributed by atoms with van der Waals surface area (Å²) in [7, 11) is 0. The zero-order chi connectivity index (χ0) is 22.0. The first kappa shape index (κ1) is 21.1. The van der Waals surface area contributed by atoms with Gasteiger partial charge in [-0.05, 0) is 43.2 Å². The Morgan fingerprint density at radius 2 is 1.94 bits per heavy atom. The van der Waals surface area contributed by atoms with E-state index in [1.54, 1.807) is 0 Å². The smallest absolute Gasteiger partial charge is 0.416 e. The molecule has 0 atom stereocenters. The van der Waals surface area contributed by atoms with E-state index in [9.17, 15) is 18.0 Å². The molecule has 0 amide bonds. The van der Waals surface area contributed by atoms with Gasteiger partial charge < -0.3 is 9.72 Å². The Kier molecular flexibility index (Phi) is 5.82. The average molecular weight is 429 g/mol. The Balaban J connectivity index is 1.56. The summed E-state index contributed by atoms with van der Waals surface area (Å²) in [6, 6.07) is 12.5. The average Bonchev–Trinajstić information content (AvgIpc) is 2.73. The lowest BCUT2D eigenvalue weighted by Gasteiger charge is -2.27. The molecule has 5 nitrogen and oxygen atoms in total. The summed E-state index contributed by atoms with van der Waals surface area (Å²) in [6.07, 6.45) is -3.84. The second kappa shape index (κ2) is 8.55. The van der Waals surface area contributed by atoms with Crippen LogP contribution < -0.4 is 10.3 Å². The van der Waals surface area contributed by atoms with Crippen molar-refractivity contribution in [1.82, 2.24) is 14.9 Å². The van der Waals surface area contributed by atoms with E-state index in [-0.39, 0.29) is 11.4 Å². The number of benzene rings is 2. The highest BCUT2D eigenvalue weighted by Crippen LogP contribution is 2.30. The molecule has 4 rings (SSSR count). The summed E-state index contributed by atoms with van der Waals surface area (Å²) in [5, 5.41) is 0. The fourth-order valence-electron chi connectivity index (χ4n) is 3.74. The van der Waals surface area contributed by atoms with E-state index >= 15 is 0 Å². The van der Waals surface area contributed by atoms with Crippen molar-refractivity contribution in [2.24, 2.45) is 0 Å².